The Morgan fingerprint density at radius 1 is 1.23 bits per heavy atom. The molecule has 0 spiro atoms. The second-order valence-corrected chi connectivity index (χ2v) is 7.95. The van der Waals surface area contributed by atoms with E-state index in [-0.39, 0.29) is 11.4 Å². The van der Waals surface area contributed by atoms with Gasteiger partial charge in [-0.05, 0) is 48.4 Å². The quantitative estimate of drug-likeness (QED) is 0.421. The third kappa shape index (κ3) is 6.77. The SMILES string of the molecule is CCOc1cc(/C=C2\SC(=O)N(CC(=O)NCCOC)C2=O)ccc1OCC(C)C. The summed E-state index contributed by atoms with van der Waals surface area (Å²) in [5.74, 6) is 0.663. The summed E-state index contributed by atoms with van der Waals surface area (Å²) in [4.78, 5) is 37.9. The van der Waals surface area contributed by atoms with Gasteiger partial charge in [0.2, 0.25) is 5.91 Å². The first-order valence-corrected chi connectivity index (χ1v) is 10.6. The van der Waals surface area contributed by atoms with E-state index in [0.717, 1.165) is 16.7 Å². The highest BCUT2D eigenvalue weighted by molar-refractivity contribution is 8.18. The molecule has 0 saturated carbocycles. The summed E-state index contributed by atoms with van der Waals surface area (Å²) in [7, 11) is 1.52. The Kier molecular flexibility index (Phi) is 9.19. The monoisotopic (exact) mass is 436 g/mol. The number of carbonyl (C=O) groups excluding carboxylic acids is 3. The zero-order chi connectivity index (χ0) is 22.1. The molecule has 1 fully saturated rings. The van der Waals surface area contributed by atoms with Crippen LogP contribution in [-0.4, -0.2) is 62.0 Å². The van der Waals surface area contributed by atoms with Gasteiger partial charge >= 0.3 is 0 Å². The van der Waals surface area contributed by atoms with E-state index in [0.29, 0.717) is 49.3 Å². The van der Waals surface area contributed by atoms with Crippen molar-refractivity contribution in [1.82, 2.24) is 10.2 Å². The second-order valence-electron chi connectivity index (χ2n) is 6.95. The molecule has 0 aromatic heterocycles. The van der Waals surface area contributed by atoms with E-state index >= 15 is 0 Å². The fraction of sp³-hybridized carbons (Fsp3) is 0.476. The van der Waals surface area contributed by atoms with Crippen LogP contribution in [0, 0.1) is 5.92 Å². The minimum atomic E-state index is -0.495. The number of thioether (sulfide) groups is 1. The molecule has 1 N–H and O–H groups in total. The molecule has 2 rings (SSSR count). The van der Waals surface area contributed by atoms with Gasteiger partial charge in [-0.1, -0.05) is 19.9 Å². The second kappa shape index (κ2) is 11.6. The summed E-state index contributed by atoms with van der Waals surface area (Å²) in [6.07, 6.45) is 1.61. The molecule has 1 heterocycles. The van der Waals surface area contributed by atoms with E-state index in [1.165, 1.54) is 7.11 Å². The Bertz CT molecular complexity index is 809. The predicted molar refractivity (Wildman–Crippen MR) is 116 cm³/mol. The summed E-state index contributed by atoms with van der Waals surface area (Å²) in [6, 6.07) is 5.35. The van der Waals surface area contributed by atoms with Crippen LogP contribution < -0.4 is 14.8 Å². The number of rotatable bonds is 11. The first kappa shape index (κ1) is 23.8. The Morgan fingerprint density at radius 3 is 2.67 bits per heavy atom. The van der Waals surface area contributed by atoms with Gasteiger partial charge in [-0.15, -0.1) is 0 Å². The number of amides is 3. The predicted octanol–water partition coefficient (Wildman–Crippen LogP) is 2.92. The van der Waals surface area contributed by atoms with Gasteiger partial charge in [-0.2, -0.15) is 0 Å². The van der Waals surface area contributed by atoms with Crippen molar-refractivity contribution in [2.45, 2.75) is 20.8 Å². The fourth-order valence-corrected chi connectivity index (χ4v) is 3.38. The number of nitrogens with one attached hydrogen (secondary N) is 1. The molecule has 1 aliphatic rings. The van der Waals surface area contributed by atoms with Gasteiger partial charge in [0.15, 0.2) is 11.5 Å². The molecule has 1 saturated heterocycles. The number of methoxy groups -OCH3 is 1. The lowest BCUT2D eigenvalue weighted by molar-refractivity contribution is -0.129. The molecule has 30 heavy (non-hydrogen) atoms. The van der Waals surface area contributed by atoms with Crippen LogP contribution in [0.1, 0.15) is 26.3 Å². The van der Waals surface area contributed by atoms with Gasteiger partial charge in [-0.3, -0.25) is 19.3 Å². The van der Waals surface area contributed by atoms with Crippen LogP contribution in [0.25, 0.3) is 6.08 Å². The zero-order valence-electron chi connectivity index (χ0n) is 17.7. The normalized spacial score (nSPS) is 15.2. The lowest BCUT2D eigenvalue weighted by Crippen LogP contribution is -2.40. The van der Waals surface area contributed by atoms with Crippen molar-refractivity contribution in [3.63, 3.8) is 0 Å². The molecule has 0 atom stereocenters. The average Bonchev–Trinajstić information content (AvgIpc) is 2.95. The van der Waals surface area contributed by atoms with Gasteiger partial charge < -0.3 is 19.5 Å². The summed E-state index contributed by atoms with van der Waals surface area (Å²) < 4.78 is 16.3. The molecular weight excluding hydrogens is 408 g/mol. The summed E-state index contributed by atoms with van der Waals surface area (Å²) in [5.41, 5.74) is 0.699. The van der Waals surface area contributed by atoms with Crippen LogP contribution >= 0.6 is 11.8 Å². The summed E-state index contributed by atoms with van der Waals surface area (Å²) >= 11 is 0.806. The van der Waals surface area contributed by atoms with Crippen molar-refractivity contribution in [1.29, 1.82) is 0 Å². The molecule has 1 aliphatic heterocycles. The van der Waals surface area contributed by atoms with Crippen molar-refractivity contribution in [3.8, 4) is 11.5 Å². The van der Waals surface area contributed by atoms with E-state index < -0.39 is 17.1 Å². The molecule has 8 nitrogen and oxygen atoms in total. The number of imide groups is 1. The average molecular weight is 437 g/mol. The summed E-state index contributed by atoms with van der Waals surface area (Å²) in [6.45, 7) is 7.37. The van der Waals surface area contributed by atoms with Gasteiger partial charge in [0, 0.05) is 13.7 Å². The Hall–Kier alpha value is -2.52. The topological polar surface area (TPSA) is 94.2 Å². The highest BCUT2D eigenvalue weighted by atomic mass is 32.2. The maximum absolute atomic E-state index is 12.6. The van der Waals surface area contributed by atoms with Crippen LogP contribution in [0.3, 0.4) is 0 Å². The van der Waals surface area contributed by atoms with E-state index in [9.17, 15) is 14.4 Å². The van der Waals surface area contributed by atoms with E-state index in [4.69, 9.17) is 14.2 Å². The Morgan fingerprint density at radius 2 is 2.00 bits per heavy atom. The molecule has 9 heteroatoms. The number of hydrogen-bond acceptors (Lipinski definition) is 7. The van der Waals surface area contributed by atoms with Crippen molar-refractivity contribution < 1.29 is 28.6 Å². The van der Waals surface area contributed by atoms with Gasteiger partial charge in [-0.25, -0.2) is 0 Å². The maximum atomic E-state index is 12.6. The fourth-order valence-electron chi connectivity index (χ4n) is 2.54. The van der Waals surface area contributed by atoms with Gasteiger partial charge in [0.25, 0.3) is 11.1 Å². The summed E-state index contributed by atoms with van der Waals surface area (Å²) in [5, 5.41) is 2.12. The zero-order valence-corrected chi connectivity index (χ0v) is 18.5. The van der Waals surface area contributed by atoms with E-state index in [1.54, 1.807) is 24.3 Å². The van der Waals surface area contributed by atoms with Crippen molar-refractivity contribution in [2.24, 2.45) is 5.92 Å². The van der Waals surface area contributed by atoms with Gasteiger partial charge in [0.1, 0.15) is 6.54 Å². The van der Waals surface area contributed by atoms with Crippen LogP contribution in [0.15, 0.2) is 23.1 Å². The van der Waals surface area contributed by atoms with Crippen molar-refractivity contribution in [2.75, 3.05) is 40.0 Å². The minimum Gasteiger partial charge on any atom is -0.490 e. The lowest BCUT2D eigenvalue weighted by atomic mass is 10.1. The molecule has 0 unspecified atom stereocenters. The van der Waals surface area contributed by atoms with Crippen molar-refractivity contribution >= 4 is 34.9 Å². The molecular formula is C21H28N2O6S. The maximum Gasteiger partial charge on any atom is 0.294 e. The third-order valence-corrected chi connectivity index (χ3v) is 4.85. The highest BCUT2D eigenvalue weighted by Gasteiger charge is 2.36. The molecule has 0 radical (unpaired) electrons. The molecule has 1 aromatic carbocycles. The van der Waals surface area contributed by atoms with Crippen LogP contribution in [-0.2, 0) is 14.3 Å². The number of carbonyl (C=O) groups is 3. The smallest absolute Gasteiger partial charge is 0.294 e. The highest BCUT2D eigenvalue weighted by Crippen LogP contribution is 2.34. The number of benzene rings is 1. The van der Waals surface area contributed by atoms with E-state index in [1.807, 2.05) is 6.92 Å². The number of nitrogens with zero attached hydrogens (tertiary/aromatic N) is 1. The van der Waals surface area contributed by atoms with Crippen molar-refractivity contribution in [3.05, 3.63) is 28.7 Å². The lowest BCUT2D eigenvalue weighted by Gasteiger charge is -2.14. The molecule has 0 aliphatic carbocycles. The van der Waals surface area contributed by atoms with Crippen LogP contribution in [0.2, 0.25) is 0 Å². The van der Waals surface area contributed by atoms with E-state index in [2.05, 4.69) is 19.2 Å². The molecule has 164 valence electrons. The standard InChI is InChI=1S/C21H28N2O6S/c1-5-28-17-10-15(6-7-16(17)29-13-14(2)3)11-18-20(25)23(21(26)30-18)12-19(24)22-8-9-27-4/h6-7,10-11,14H,5,8-9,12-13H2,1-4H3,(H,22,24)/b18-11-. The number of hydrogen-bond donors (Lipinski definition) is 1. The minimum absolute atomic E-state index is 0.253. The Labute approximate surface area is 180 Å². The Balaban J connectivity index is 2.12. The van der Waals surface area contributed by atoms with Gasteiger partial charge in [0.05, 0.1) is 24.7 Å². The molecule has 0 bridgehead atoms. The largest absolute Gasteiger partial charge is 0.490 e. The first-order valence-electron chi connectivity index (χ1n) is 9.76. The molecule has 1 aromatic rings. The first-order chi connectivity index (χ1) is 14.3. The third-order valence-electron chi connectivity index (χ3n) is 3.94. The molecule has 3 amide bonds. The van der Waals surface area contributed by atoms with Crippen LogP contribution in [0.5, 0.6) is 11.5 Å². The number of ether oxygens (including phenoxy) is 3. The van der Waals surface area contributed by atoms with Crippen LogP contribution in [0.4, 0.5) is 4.79 Å².